The summed E-state index contributed by atoms with van der Waals surface area (Å²) in [7, 11) is 0. The third-order valence-electron chi connectivity index (χ3n) is 8.24. The fourth-order valence-corrected chi connectivity index (χ4v) is 5.47. The smallest absolute Gasteiger partial charge is 0.326 e. The number of nitrogens with one attached hydrogen (secondary N) is 5. The van der Waals surface area contributed by atoms with E-state index in [1.54, 1.807) is 6.20 Å². The van der Waals surface area contributed by atoms with E-state index < -0.39 is 65.7 Å². The Morgan fingerprint density at radius 3 is 2.26 bits per heavy atom. The molecule has 19 heteroatoms. The molecule has 2 rings (SSSR count). The average molecular weight is 707 g/mol. The number of carboxylic acids is 1. The number of guanidine groups is 1. The van der Waals surface area contributed by atoms with E-state index in [2.05, 4.69) is 36.2 Å². The van der Waals surface area contributed by atoms with Crippen molar-refractivity contribution in [3.63, 3.8) is 0 Å². The molecule has 1 aliphatic rings. The highest BCUT2D eigenvalue weighted by atomic mass is 16.4. The molecule has 0 unspecified atom stereocenters. The van der Waals surface area contributed by atoms with Gasteiger partial charge in [0.25, 0.3) is 0 Å². The number of carbonyl (C=O) groups excluding carboxylic acids is 5. The molecule has 14 N–H and O–H groups in total. The van der Waals surface area contributed by atoms with Crippen LogP contribution < -0.4 is 44.2 Å². The molecule has 1 saturated heterocycles. The number of rotatable bonds is 23. The van der Waals surface area contributed by atoms with Crippen LogP contribution in [0.4, 0.5) is 0 Å². The van der Waals surface area contributed by atoms with Gasteiger partial charge in [0.2, 0.25) is 29.5 Å². The number of aliphatic imine (C=N–C) groups is 1. The topological polar surface area (TPSA) is 319 Å². The molecule has 5 amide bonds. The van der Waals surface area contributed by atoms with Gasteiger partial charge in [0.1, 0.15) is 24.2 Å². The van der Waals surface area contributed by atoms with Crippen molar-refractivity contribution in [2.24, 2.45) is 27.9 Å². The summed E-state index contributed by atoms with van der Waals surface area (Å²) >= 11 is 0. The largest absolute Gasteiger partial charge is 0.480 e. The van der Waals surface area contributed by atoms with Crippen LogP contribution in [0.5, 0.6) is 0 Å². The van der Waals surface area contributed by atoms with Gasteiger partial charge in [-0.25, -0.2) is 9.78 Å². The number of aliphatic carboxylic acids is 1. The summed E-state index contributed by atoms with van der Waals surface area (Å²) in [6.07, 6.45) is 7.19. The molecule has 0 saturated carbocycles. The number of nitrogens with two attached hydrogens (primary N) is 4. The number of imidazole rings is 1. The normalized spacial score (nSPS) is 16.4. The van der Waals surface area contributed by atoms with Gasteiger partial charge >= 0.3 is 5.97 Å². The maximum Gasteiger partial charge on any atom is 0.326 e. The minimum Gasteiger partial charge on any atom is -0.480 e. The number of carbonyl (C=O) groups is 6. The number of H-pyrrole nitrogens is 1. The number of unbranched alkanes of at least 4 members (excludes halogenated alkanes) is 2. The van der Waals surface area contributed by atoms with E-state index in [9.17, 15) is 33.9 Å². The molecule has 5 atom stereocenters. The fourth-order valence-electron chi connectivity index (χ4n) is 5.47. The quantitative estimate of drug-likeness (QED) is 0.0316. The molecule has 50 heavy (non-hydrogen) atoms. The van der Waals surface area contributed by atoms with Gasteiger partial charge in [-0.05, 0) is 57.9 Å². The summed E-state index contributed by atoms with van der Waals surface area (Å²) < 4.78 is 0. The monoisotopic (exact) mass is 706 g/mol. The fraction of sp³-hybridized carbons (Fsp3) is 0.677. The summed E-state index contributed by atoms with van der Waals surface area (Å²) in [5.74, 6) is -4.29. The van der Waals surface area contributed by atoms with Gasteiger partial charge < -0.3 is 59.2 Å². The summed E-state index contributed by atoms with van der Waals surface area (Å²) in [5, 5.41) is 20.1. The molecule has 0 radical (unpaired) electrons. The number of nitrogens with zero attached hydrogens (tertiary/aromatic N) is 3. The summed E-state index contributed by atoms with van der Waals surface area (Å²) in [5.41, 5.74) is 23.1. The number of carboxylic acid groups (broad SMARTS) is 1. The summed E-state index contributed by atoms with van der Waals surface area (Å²) in [6, 6.07) is -5.21. The molecule has 1 aromatic rings. The zero-order chi connectivity index (χ0) is 37.1. The van der Waals surface area contributed by atoms with Gasteiger partial charge in [-0.1, -0.05) is 19.8 Å². The molecule has 19 nitrogen and oxygen atoms in total. The van der Waals surface area contributed by atoms with Crippen LogP contribution in [0.25, 0.3) is 0 Å². The van der Waals surface area contributed by atoms with Crippen LogP contribution in [-0.2, 0) is 35.2 Å². The number of aromatic nitrogens is 2. The predicted molar refractivity (Wildman–Crippen MR) is 184 cm³/mol. The number of aromatic amines is 1. The molecular formula is C31H54N12O7. The lowest BCUT2D eigenvalue weighted by Crippen LogP contribution is -2.58. The summed E-state index contributed by atoms with van der Waals surface area (Å²) in [4.78, 5) is 89.9. The van der Waals surface area contributed by atoms with Crippen LogP contribution in [0.2, 0.25) is 0 Å². The number of hydrogen-bond acceptors (Lipinski definition) is 10. The third-order valence-corrected chi connectivity index (χ3v) is 8.24. The van der Waals surface area contributed by atoms with Crippen molar-refractivity contribution in [1.29, 1.82) is 0 Å². The van der Waals surface area contributed by atoms with Crippen LogP contribution in [0.1, 0.15) is 76.8 Å². The van der Waals surface area contributed by atoms with Crippen molar-refractivity contribution in [3.8, 4) is 0 Å². The van der Waals surface area contributed by atoms with Gasteiger partial charge in [-0.2, -0.15) is 0 Å². The van der Waals surface area contributed by atoms with Crippen molar-refractivity contribution in [2.75, 3.05) is 26.2 Å². The molecule has 2 heterocycles. The van der Waals surface area contributed by atoms with Gasteiger partial charge in [-0.3, -0.25) is 29.0 Å². The van der Waals surface area contributed by atoms with Gasteiger partial charge in [0.05, 0.1) is 18.9 Å². The van der Waals surface area contributed by atoms with Crippen LogP contribution in [0.3, 0.4) is 0 Å². The number of amides is 5. The van der Waals surface area contributed by atoms with E-state index in [0.29, 0.717) is 44.3 Å². The lowest BCUT2D eigenvalue weighted by atomic mass is 10.0. The molecule has 1 aromatic heterocycles. The highest BCUT2D eigenvalue weighted by molar-refractivity contribution is 5.96. The van der Waals surface area contributed by atoms with Crippen LogP contribution in [0.15, 0.2) is 17.5 Å². The third kappa shape index (κ3) is 14.4. The van der Waals surface area contributed by atoms with Crippen molar-refractivity contribution in [2.45, 2.75) is 108 Å². The molecule has 0 spiro atoms. The molecule has 280 valence electrons. The van der Waals surface area contributed by atoms with Crippen molar-refractivity contribution < 1.29 is 33.9 Å². The zero-order valence-electron chi connectivity index (χ0n) is 28.7. The first-order chi connectivity index (χ1) is 23.9. The molecule has 0 aromatic carbocycles. The Labute approximate surface area is 291 Å². The van der Waals surface area contributed by atoms with E-state index in [1.807, 2.05) is 6.92 Å². The minimum atomic E-state index is -1.18. The summed E-state index contributed by atoms with van der Waals surface area (Å²) in [6.45, 7) is 2.31. The second-order valence-corrected chi connectivity index (χ2v) is 12.2. The predicted octanol–water partition coefficient (Wildman–Crippen LogP) is -2.70. The molecule has 1 fully saturated rings. The van der Waals surface area contributed by atoms with Crippen LogP contribution >= 0.6 is 0 Å². The van der Waals surface area contributed by atoms with E-state index in [4.69, 9.17) is 22.9 Å². The molecule has 0 bridgehead atoms. The Bertz CT molecular complexity index is 1290. The van der Waals surface area contributed by atoms with E-state index in [0.717, 1.165) is 6.42 Å². The SMILES string of the molecule is CCCC[C@H](NC(=O)[C@H](CCCCN)NC(=O)[C@H](CCCN=C(N)N)NC(=O)[C@@H]1CCCN1C(=O)CNC(=O)[C@@H](N)Cc1cnc[nH]1)C(=O)O. The lowest BCUT2D eigenvalue weighted by molar-refractivity contribution is -0.142. The first kappa shape index (κ1) is 41.4. The zero-order valence-corrected chi connectivity index (χ0v) is 28.7. The first-order valence-corrected chi connectivity index (χ1v) is 17.1. The minimum absolute atomic E-state index is 0.0880. The lowest BCUT2D eigenvalue weighted by Gasteiger charge is -2.28. The number of likely N-dealkylation sites (tertiary alicyclic amines) is 1. The Kier molecular flexibility index (Phi) is 18.2. The Morgan fingerprint density at radius 2 is 1.64 bits per heavy atom. The Morgan fingerprint density at radius 1 is 0.980 bits per heavy atom. The number of hydrogen-bond donors (Lipinski definition) is 10. The Hall–Kier alpha value is -4.78. The highest BCUT2D eigenvalue weighted by Crippen LogP contribution is 2.18. The second-order valence-electron chi connectivity index (χ2n) is 12.2. The standard InChI is InChI=1S/C31H54N12O7/c1-2-3-8-23(30(49)50)42-28(47)21(9-4-5-12-32)40-27(46)22(10-6-13-37-31(34)35)41-29(48)24-11-7-14-43(24)25(44)17-38-26(45)20(33)15-19-16-36-18-39-19/h16,18,20-24H,2-15,17,32-33H2,1H3,(H,36,39)(H,38,45)(H,40,46)(H,41,48)(H,42,47)(H,49,50)(H4,34,35,37)/t20-,21-,22-,23-,24-/m0/s1. The van der Waals surface area contributed by atoms with Crippen LogP contribution in [-0.4, -0.2) is 118 Å². The molecular weight excluding hydrogens is 652 g/mol. The average Bonchev–Trinajstić information content (AvgIpc) is 3.78. The van der Waals surface area contributed by atoms with Gasteiger partial charge in [-0.15, -0.1) is 0 Å². The Balaban J connectivity index is 2.13. The van der Waals surface area contributed by atoms with Gasteiger partial charge in [0, 0.05) is 31.4 Å². The van der Waals surface area contributed by atoms with Crippen molar-refractivity contribution >= 4 is 41.5 Å². The maximum absolute atomic E-state index is 13.7. The van der Waals surface area contributed by atoms with Crippen LogP contribution in [0, 0.1) is 0 Å². The molecule has 1 aliphatic heterocycles. The first-order valence-electron chi connectivity index (χ1n) is 17.1. The van der Waals surface area contributed by atoms with Crippen molar-refractivity contribution in [3.05, 3.63) is 18.2 Å². The highest BCUT2D eigenvalue weighted by Gasteiger charge is 2.36. The van der Waals surface area contributed by atoms with E-state index >= 15 is 0 Å². The maximum atomic E-state index is 13.7. The van der Waals surface area contributed by atoms with Crippen molar-refractivity contribution in [1.82, 2.24) is 36.1 Å². The molecule has 0 aliphatic carbocycles. The van der Waals surface area contributed by atoms with E-state index in [-0.39, 0.29) is 57.7 Å². The van der Waals surface area contributed by atoms with E-state index in [1.165, 1.54) is 11.2 Å². The second kappa shape index (κ2) is 22.0. The van der Waals surface area contributed by atoms with Gasteiger partial charge in [0.15, 0.2) is 5.96 Å².